The smallest absolute Gasteiger partial charge is 0.00961 e. The Bertz CT molecular complexity index is 109. The number of nitrogens with one attached hydrogen (secondary N) is 1. The molecule has 58 valence electrons. The highest BCUT2D eigenvalue weighted by Crippen LogP contribution is 2.21. The number of allylic oxidation sites excluding steroid dienone is 1. The average molecular weight is 139 g/mol. The summed E-state index contributed by atoms with van der Waals surface area (Å²) in [5.74, 6) is 0.863. The lowest BCUT2D eigenvalue weighted by atomic mass is 9.95. The van der Waals surface area contributed by atoms with Crippen LogP contribution in [0, 0.1) is 5.92 Å². The summed E-state index contributed by atoms with van der Waals surface area (Å²) in [4.78, 5) is 0. The first-order valence-electron chi connectivity index (χ1n) is 4.22. The molecule has 1 rings (SSSR count). The fourth-order valence-electron chi connectivity index (χ4n) is 1.80. The second-order valence-corrected chi connectivity index (χ2v) is 3.04. The summed E-state index contributed by atoms with van der Waals surface area (Å²) >= 11 is 0. The predicted molar refractivity (Wildman–Crippen MR) is 45.0 cm³/mol. The topological polar surface area (TPSA) is 12.0 Å². The van der Waals surface area contributed by atoms with E-state index in [4.69, 9.17) is 0 Å². The van der Waals surface area contributed by atoms with Crippen molar-refractivity contribution in [3.05, 3.63) is 12.7 Å². The van der Waals surface area contributed by atoms with Gasteiger partial charge in [0.25, 0.3) is 0 Å². The maximum atomic E-state index is 3.77. The molecule has 1 saturated heterocycles. The first-order valence-corrected chi connectivity index (χ1v) is 4.22. The molecule has 1 heteroatoms. The van der Waals surface area contributed by atoms with E-state index >= 15 is 0 Å². The van der Waals surface area contributed by atoms with Crippen LogP contribution in [0.15, 0.2) is 12.7 Å². The van der Waals surface area contributed by atoms with Gasteiger partial charge in [0.15, 0.2) is 0 Å². The Kier molecular flexibility index (Phi) is 2.94. The fraction of sp³-hybridized carbons (Fsp3) is 0.778. The normalized spacial score (nSPS) is 32.5. The van der Waals surface area contributed by atoms with Gasteiger partial charge in [-0.3, -0.25) is 0 Å². The molecule has 1 nitrogen and oxygen atoms in total. The number of hydrogen-bond donors (Lipinski definition) is 1. The molecule has 0 spiro atoms. The lowest BCUT2D eigenvalue weighted by Crippen LogP contribution is -2.25. The SMILES string of the molecule is C=CCC1CCNC1CC. The fourth-order valence-corrected chi connectivity index (χ4v) is 1.80. The zero-order valence-corrected chi connectivity index (χ0v) is 6.77. The van der Waals surface area contributed by atoms with E-state index in [2.05, 4.69) is 18.8 Å². The quantitative estimate of drug-likeness (QED) is 0.589. The van der Waals surface area contributed by atoms with E-state index in [-0.39, 0.29) is 0 Å². The Morgan fingerprint density at radius 2 is 2.50 bits per heavy atom. The highest BCUT2D eigenvalue weighted by atomic mass is 14.9. The van der Waals surface area contributed by atoms with Gasteiger partial charge in [0.05, 0.1) is 0 Å². The van der Waals surface area contributed by atoms with E-state index in [1.165, 1.54) is 25.8 Å². The Hall–Kier alpha value is -0.300. The molecular weight excluding hydrogens is 122 g/mol. The molecule has 0 aromatic heterocycles. The van der Waals surface area contributed by atoms with Crippen LogP contribution in [0.4, 0.5) is 0 Å². The van der Waals surface area contributed by atoms with Crippen molar-refractivity contribution in [2.24, 2.45) is 5.92 Å². The molecule has 1 aliphatic rings. The monoisotopic (exact) mass is 139 g/mol. The summed E-state index contributed by atoms with van der Waals surface area (Å²) in [6.45, 7) is 7.22. The molecule has 0 bridgehead atoms. The van der Waals surface area contributed by atoms with Gasteiger partial charge in [0.2, 0.25) is 0 Å². The first-order chi connectivity index (χ1) is 4.88. The van der Waals surface area contributed by atoms with Crippen molar-refractivity contribution < 1.29 is 0 Å². The first kappa shape index (κ1) is 7.80. The lowest BCUT2D eigenvalue weighted by molar-refractivity contribution is 0.441. The van der Waals surface area contributed by atoms with Gasteiger partial charge in [-0.25, -0.2) is 0 Å². The van der Waals surface area contributed by atoms with Crippen LogP contribution < -0.4 is 5.32 Å². The predicted octanol–water partition coefficient (Wildman–Crippen LogP) is 1.95. The lowest BCUT2D eigenvalue weighted by Gasteiger charge is -2.15. The molecule has 0 aromatic rings. The maximum Gasteiger partial charge on any atom is 0.00961 e. The van der Waals surface area contributed by atoms with Crippen LogP contribution >= 0.6 is 0 Å². The van der Waals surface area contributed by atoms with Gasteiger partial charge in [-0.1, -0.05) is 13.0 Å². The molecular formula is C9H17N. The van der Waals surface area contributed by atoms with Crippen molar-refractivity contribution in [3.63, 3.8) is 0 Å². The number of rotatable bonds is 3. The van der Waals surface area contributed by atoms with Crippen LogP contribution in [0.2, 0.25) is 0 Å². The van der Waals surface area contributed by atoms with E-state index in [1.807, 2.05) is 6.08 Å². The van der Waals surface area contributed by atoms with Gasteiger partial charge in [0, 0.05) is 6.04 Å². The van der Waals surface area contributed by atoms with Crippen molar-refractivity contribution >= 4 is 0 Å². The third-order valence-electron chi connectivity index (χ3n) is 2.40. The van der Waals surface area contributed by atoms with E-state index in [0.29, 0.717) is 0 Å². The Morgan fingerprint density at radius 3 is 3.10 bits per heavy atom. The molecule has 10 heavy (non-hydrogen) atoms. The average Bonchev–Trinajstić information content (AvgIpc) is 2.36. The van der Waals surface area contributed by atoms with Crippen molar-refractivity contribution in [2.75, 3.05) is 6.54 Å². The van der Waals surface area contributed by atoms with Crippen LogP contribution in [0.5, 0.6) is 0 Å². The van der Waals surface area contributed by atoms with Crippen LogP contribution in [0.1, 0.15) is 26.2 Å². The second-order valence-electron chi connectivity index (χ2n) is 3.04. The highest BCUT2D eigenvalue weighted by molar-refractivity contribution is 4.86. The zero-order chi connectivity index (χ0) is 7.40. The molecule has 0 amide bonds. The standard InChI is InChI=1S/C9H17N/c1-3-5-8-6-7-10-9(8)4-2/h3,8-10H,1,4-7H2,2H3. The molecule has 2 unspecified atom stereocenters. The van der Waals surface area contributed by atoms with E-state index in [0.717, 1.165) is 12.0 Å². The summed E-state index contributed by atoms with van der Waals surface area (Å²) in [7, 11) is 0. The molecule has 1 aliphatic heterocycles. The van der Waals surface area contributed by atoms with E-state index in [9.17, 15) is 0 Å². The summed E-state index contributed by atoms with van der Waals surface area (Å²) in [6, 6.07) is 0.762. The van der Waals surface area contributed by atoms with Gasteiger partial charge < -0.3 is 5.32 Å². The third kappa shape index (κ3) is 1.60. The van der Waals surface area contributed by atoms with Gasteiger partial charge >= 0.3 is 0 Å². The maximum absolute atomic E-state index is 3.77. The van der Waals surface area contributed by atoms with E-state index in [1.54, 1.807) is 0 Å². The van der Waals surface area contributed by atoms with Gasteiger partial charge in [-0.05, 0) is 31.7 Å². The Morgan fingerprint density at radius 1 is 1.70 bits per heavy atom. The van der Waals surface area contributed by atoms with Crippen molar-refractivity contribution in [1.82, 2.24) is 5.32 Å². The molecule has 2 atom stereocenters. The van der Waals surface area contributed by atoms with Gasteiger partial charge in [0.1, 0.15) is 0 Å². The largest absolute Gasteiger partial charge is 0.314 e. The number of hydrogen-bond acceptors (Lipinski definition) is 1. The van der Waals surface area contributed by atoms with Crippen LogP contribution in [0.25, 0.3) is 0 Å². The highest BCUT2D eigenvalue weighted by Gasteiger charge is 2.23. The summed E-state index contributed by atoms with van der Waals surface area (Å²) in [5, 5.41) is 3.49. The molecule has 0 saturated carbocycles. The van der Waals surface area contributed by atoms with Crippen molar-refractivity contribution in [2.45, 2.75) is 32.2 Å². The summed E-state index contributed by atoms with van der Waals surface area (Å²) in [5.41, 5.74) is 0. The molecule has 0 aliphatic carbocycles. The second kappa shape index (κ2) is 3.77. The van der Waals surface area contributed by atoms with E-state index < -0.39 is 0 Å². The summed E-state index contributed by atoms with van der Waals surface area (Å²) < 4.78 is 0. The molecule has 1 N–H and O–H groups in total. The van der Waals surface area contributed by atoms with Crippen molar-refractivity contribution in [1.29, 1.82) is 0 Å². The molecule has 0 radical (unpaired) electrons. The minimum atomic E-state index is 0.762. The Balaban J connectivity index is 2.34. The molecule has 1 fully saturated rings. The Labute approximate surface area is 63.5 Å². The zero-order valence-electron chi connectivity index (χ0n) is 6.77. The van der Waals surface area contributed by atoms with Crippen LogP contribution in [0.3, 0.4) is 0 Å². The van der Waals surface area contributed by atoms with Gasteiger partial charge in [-0.15, -0.1) is 6.58 Å². The molecule has 0 aromatic carbocycles. The van der Waals surface area contributed by atoms with Gasteiger partial charge in [-0.2, -0.15) is 0 Å². The minimum absolute atomic E-state index is 0.762. The van der Waals surface area contributed by atoms with Crippen LogP contribution in [-0.2, 0) is 0 Å². The van der Waals surface area contributed by atoms with Crippen molar-refractivity contribution in [3.8, 4) is 0 Å². The molecule has 1 heterocycles. The minimum Gasteiger partial charge on any atom is -0.314 e. The van der Waals surface area contributed by atoms with Crippen LogP contribution in [-0.4, -0.2) is 12.6 Å². The summed E-state index contributed by atoms with van der Waals surface area (Å²) in [6.07, 6.45) is 5.83. The third-order valence-corrected chi connectivity index (χ3v) is 2.40.